The standard InChI is InChI=1S/C16H32N2O4.C6H12O2.CH3NO/c1-3-4-5-6-11-18(2)12-14-22-13-10-17-15(19)8-7-9-16(20)21;1-3-4-8-5-6(2)7;2-1-3/h3-14H2,1-2H3,(H,17,19)(H,20,21);3-5H2,1-2H3;1H,(H2,2,3). The Labute approximate surface area is 199 Å². The van der Waals surface area contributed by atoms with Gasteiger partial charge in [-0.05, 0) is 39.8 Å². The normalized spacial score (nSPS) is 9.85. The number of primary amides is 1. The lowest BCUT2D eigenvalue weighted by molar-refractivity contribution is -0.137. The molecule has 0 aliphatic heterocycles. The van der Waals surface area contributed by atoms with E-state index in [0.29, 0.717) is 32.8 Å². The maximum atomic E-state index is 11.4. The van der Waals surface area contributed by atoms with Gasteiger partial charge in [-0.1, -0.05) is 33.1 Å². The lowest BCUT2D eigenvalue weighted by atomic mass is 10.2. The van der Waals surface area contributed by atoms with Gasteiger partial charge in [0, 0.05) is 32.5 Å². The first-order valence-corrected chi connectivity index (χ1v) is 11.7. The molecule has 0 spiro atoms. The first-order chi connectivity index (χ1) is 15.7. The van der Waals surface area contributed by atoms with Crippen LogP contribution in [0.15, 0.2) is 0 Å². The van der Waals surface area contributed by atoms with Gasteiger partial charge in [-0.2, -0.15) is 0 Å². The summed E-state index contributed by atoms with van der Waals surface area (Å²) in [7, 11) is 2.10. The molecule has 0 heterocycles. The SMILES string of the molecule is CCCCCCN(C)CCOCCNC(=O)CCCC(=O)O.CCCOCC(C)=O.NC=O. The molecule has 0 aromatic rings. The van der Waals surface area contributed by atoms with Crippen molar-refractivity contribution in [2.45, 2.75) is 72.1 Å². The molecule has 0 unspecified atom stereocenters. The molecule has 0 radical (unpaired) electrons. The number of carboxylic acid groups (broad SMARTS) is 1. The highest BCUT2D eigenvalue weighted by Gasteiger charge is 2.03. The number of aliphatic carboxylic acids is 1. The maximum Gasteiger partial charge on any atom is 0.303 e. The summed E-state index contributed by atoms with van der Waals surface area (Å²) >= 11 is 0. The summed E-state index contributed by atoms with van der Waals surface area (Å²) in [5.74, 6) is -0.883. The Hall–Kier alpha value is -2.04. The molecule has 0 saturated carbocycles. The topological polar surface area (TPSA) is 148 Å². The van der Waals surface area contributed by atoms with E-state index in [-0.39, 0.29) is 37.5 Å². The van der Waals surface area contributed by atoms with Gasteiger partial charge in [-0.3, -0.25) is 19.2 Å². The summed E-state index contributed by atoms with van der Waals surface area (Å²) < 4.78 is 10.4. The summed E-state index contributed by atoms with van der Waals surface area (Å²) in [4.78, 5) is 42.7. The molecule has 0 rings (SSSR count). The van der Waals surface area contributed by atoms with E-state index in [1.165, 1.54) is 32.6 Å². The fourth-order valence-corrected chi connectivity index (χ4v) is 2.35. The predicted molar refractivity (Wildman–Crippen MR) is 129 cm³/mol. The number of carboxylic acids is 1. The summed E-state index contributed by atoms with van der Waals surface area (Å²) in [6.45, 7) is 10.4. The van der Waals surface area contributed by atoms with E-state index in [1.54, 1.807) is 0 Å². The molecule has 0 atom stereocenters. The Balaban J connectivity index is -0.000000677. The average Bonchev–Trinajstić information content (AvgIpc) is 2.74. The van der Waals surface area contributed by atoms with E-state index in [0.717, 1.165) is 19.5 Å². The van der Waals surface area contributed by atoms with E-state index in [9.17, 15) is 14.4 Å². The third-order valence-corrected chi connectivity index (χ3v) is 4.03. The van der Waals surface area contributed by atoms with E-state index in [4.69, 9.17) is 19.4 Å². The Kier molecular flexibility index (Phi) is 32.3. The fourth-order valence-electron chi connectivity index (χ4n) is 2.35. The van der Waals surface area contributed by atoms with Crippen molar-refractivity contribution in [3.8, 4) is 0 Å². The van der Waals surface area contributed by atoms with Gasteiger partial charge in [0.2, 0.25) is 12.3 Å². The van der Waals surface area contributed by atoms with Crippen molar-refractivity contribution in [3.05, 3.63) is 0 Å². The Bertz CT molecular complexity index is 477. The van der Waals surface area contributed by atoms with Crippen molar-refractivity contribution in [3.63, 3.8) is 0 Å². The van der Waals surface area contributed by atoms with Crippen molar-refractivity contribution in [2.75, 3.05) is 53.1 Å². The molecule has 4 N–H and O–H groups in total. The van der Waals surface area contributed by atoms with E-state index >= 15 is 0 Å². The van der Waals surface area contributed by atoms with Gasteiger partial charge >= 0.3 is 5.97 Å². The van der Waals surface area contributed by atoms with Crippen molar-refractivity contribution >= 4 is 24.1 Å². The predicted octanol–water partition coefficient (Wildman–Crippen LogP) is 1.99. The minimum Gasteiger partial charge on any atom is -0.481 e. The number of nitrogens with one attached hydrogen (secondary N) is 1. The highest BCUT2D eigenvalue weighted by atomic mass is 16.5. The molecule has 33 heavy (non-hydrogen) atoms. The summed E-state index contributed by atoms with van der Waals surface area (Å²) in [5, 5.41) is 11.2. The van der Waals surface area contributed by atoms with Crippen LogP contribution in [0.3, 0.4) is 0 Å². The first-order valence-electron chi connectivity index (χ1n) is 11.7. The zero-order chi connectivity index (χ0) is 25.7. The number of rotatable bonds is 19. The van der Waals surface area contributed by atoms with Crippen LogP contribution < -0.4 is 11.1 Å². The van der Waals surface area contributed by atoms with Crippen LogP contribution >= 0.6 is 0 Å². The highest BCUT2D eigenvalue weighted by Crippen LogP contribution is 2.00. The van der Waals surface area contributed by atoms with Gasteiger partial charge in [0.15, 0.2) is 5.78 Å². The molecule has 196 valence electrons. The Morgan fingerprint density at radius 2 is 1.61 bits per heavy atom. The summed E-state index contributed by atoms with van der Waals surface area (Å²) in [6, 6.07) is 0. The van der Waals surface area contributed by atoms with Crippen LogP contribution in [0.2, 0.25) is 0 Å². The minimum absolute atomic E-state index is 0.0362. The fraction of sp³-hybridized carbons (Fsp3) is 0.826. The molecule has 10 heteroatoms. The lowest BCUT2D eigenvalue weighted by Gasteiger charge is -2.16. The molecule has 0 fully saturated rings. The van der Waals surface area contributed by atoms with E-state index in [2.05, 4.69) is 29.9 Å². The molecular weight excluding hydrogens is 430 g/mol. The number of carbonyl (C=O) groups is 4. The van der Waals surface area contributed by atoms with Crippen LogP contribution in [0.4, 0.5) is 0 Å². The van der Waals surface area contributed by atoms with Crippen LogP contribution in [0.25, 0.3) is 0 Å². The van der Waals surface area contributed by atoms with Crippen LogP contribution in [0.5, 0.6) is 0 Å². The third kappa shape index (κ3) is 40.8. The number of likely N-dealkylation sites (N-methyl/N-ethyl adjacent to an activating group) is 1. The van der Waals surface area contributed by atoms with Gasteiger partial charge in [0.25, 0.3) is 0 Å². The summed E-state index contributed by atoms with van der Waals surface area (Å²) in [5.41, 5.74) is 4.17. The first kappa shape index (κ1) is 35.5. The third-order valence-electron chi connectivity index (χ3n) is 4.03. The second-order valence-corrected chi connectivity index (χ2v) is 7.46. The van der Waals surface area contributed by atoms with Crippen molar-refractivity contribution < 1.29 is 33.8 Å². The minimum atomic E-state index is -0.866. The van der Waals surface area contributed by atoms with Crippen LogP contribution in [-0.4, -0.2) is 87.2 Å². The molecule has 2 amide bonds. The number of ketones is 1. The lowest BCUT2D eigenvalue weighted by Crippen LogP contribution is -2.29. The second-order valence-electron chi connectivity index (χ2n) is 7.46. The Morgan fingerprint density at radius 1 is 0.939 bits per heavy atom. The number of amides is 2. The monoisotopic (exact) mass is 477 g/mol. The van der Waals surface area contributed by atoms with Crippen LogP contribution in [0.1, 0.15) is 72.1 Å². The molecule has 0 bridgehead atoms. The number of carbonyl (C=O) groups excluding carboxylic acids is 3. The molecule has 0 aromatic carbocycles. The van der Waals surface area contributed by atoms with Gasteiger partial charge < -0.3 is 30.5 Å². The number of hydrogen-bond donors (Lipinski definition) is 3. The number of hydrogen-bond acceptors (Lipinski definition) is 7. The van der Waals surface area contributed by atoms with Crippen molar-refractivity contribution in [1.29, 1.82) is 0 Å². The maximum absolute atomic E-state index is 11.4. The molecule has 0 aliphatic rings. The largest absolute Gasteiger partial charge is 0.481 e. The number of nitrogens with zero attached hydrogens (tertiary/aromatic N) is 1. The molecule has 10 nitrogen and oxygen atoms in total. The van der Waals surface area contributed by atoms with Crippen LogP contribution in [0, 0.1) is 0 Å². The number of unbranched alkanes of at least 4 members (excludes halogenated alkanes) is 3. The zero-order valence-corrected chi connectivity index (χ0v) is 21.1. The highest BCUT2D eigenvalue weighted by molar-refractivity contribution is 5.77. The summed E-state index contributed by atoms with van der Waals surface area (Å²) in [6.07, 6.45) is 6.98. The van der Waals surface area contributed by atoms with Crippen LogP contribution in [-0.2, 0) is 28.7 Å². The quantitative estimate of drug-likeness (QED) is 0.189. The molecule has 0 aliphatic carbocycles. The Morgan fingerprint density at radius 3 is 2.15 bits per heavy atom. The van der Waals surface area contributed by atoms with Crippen molar-refractivity contribution in [1.82, 2.24) is 10.2 Å². The van der Waals surface area contributed by atoms with E-state index in [1.807, 2.05) is 6.92 Å². The molecule has 0 saturated heterocycles. The average molecular weight is 478 g/mol. The number of ether oxygens (including phenoxy) is 2. The molecule has 0 aromatic heterocycles. The second kappa shape index (κ2) is 30.0. The van der Waals surface area contributed by atoms with Gasteiger partial charge in [0.1, 0.15) is 6.61 Å². The van der Waals surface area contributed by atoms with Gasteiger partial charge in [-0.25, -0.2) is 0 Å². The number of nitrogens with two attached hydrogens (primary N) is 1. The smallest absolute Gasteiger partial charge is 0.303 e. The van der Waals surface area contributed by atoms with Gasteiger partial charge in [-0.15, -0.1) is 0 Å². The number of Topliss-reactive ketones (excluding diaryl/α,β-unsaturated/α-hetero) is 1. The van der Waals surface area contributed by atoms with Crippen molar-refractivity contribution in [2.24, 2.45) is 5.73 Å². The molecular formula is C23H47N3O7. The zero-order valence-electron chi connectivity index (χ0n) is 21.1. The van der Waals surface area contributed by atoms with E-state index < -0.39 is 5.97 Å². The van der Waals surface area contributed by atoms with Gasteiger partial charge in [0.05, 0.1) is 13.2 Å².